The van der Waals surface area contributed by atoms with Crippen LogP contribution in [-0.2, 0) is 12.8 Å². The van der Waals surface area contributed by atoms with Crippen LogP contribution in [0, 0.1) is 0 Å². The van der Waals surface area contributed by atoms with Gasteiger partial charge in [-0.3, -0.25) is 4.98 Å². The third-order valence-corrected chi connectivity index (χ3v) is 5.15. The molecule has 0 amide bonds. The lowest BCUT2D eigenvalue weighted by molar-refractivity contribution is 0.417. The third kappa shape index (κ3) is 2.18. The fourth-order valence-corrected chi connectivity index (χ4v) is 4.43. The van der Waals surface area contributed by atoms with E-state index in [9.17, 15) is 0 Å². The van der Waals surface area contributed by atoms with E-state index < -0.39 is 0 Å². The number of ether oxygens (including phenoxy) is 1. The minimum Gasteiger partial charge on any atom is -0.495 e. The van der Waals surface area contributed by atoms with Gasteiger partial charge in [0.2, 0.25) is 0 Å². The number of aryl methyl sites for hydroxylation is 1. The van der Waals surface area contributed by atoms with Crippen LogP contribution in [0.3, 0.4) is 0 Å². The molecule has 0 N–H and O–H groups in total. The summed E-state index contributed by atoms with van der Waals surface area (Å²) in [4.78, 5) is 4.79. The first-order chi connectivity index (χ1) is 9.13. The quantitative estimate of drug-likeness (QED) is 0.642. The molecule has 0 spiro atoms. The molecule has 3 rings (SSSR count). The Morgan fingerprint density at radius 2 is 1.95 bits per heavy atom. The lowest BCUT2D eigenvalue weighted by atomic mass is 9.94. The summed E-state index contributed by atoms with van der Waals surface area (Å²) in [6.07, 6.45) is 4.38. The fraction of sp³-hybridized carbons (Fsp3) is 0.357. The summed E-state index contributed by atoms with van der Waals surface area (Å²) >= 11 is 13.7. The smallest absolute Gasteiger partial charge is 0.144 e. The van der Waals surface area contributed by atoms with Gasteiger partial charge in [-0.15, -0.1) is 0 Å². The van der Waals surface area contributed by atoms with E-state index >= 15 is 0 Å². The molecule has 1 aromatic heterocycles. The van der Waals surface area contributed by atoms with Crippen molar-refractivity contribution in [3.05, 3.63) is 31.3 Å². The molecule has 2 aromatic rings. The van der Waals surface area contributed by atoms with E-state index in [1.807, 2.05) is 6.07 Å². The fourth-order valence-electron chi connectivity index (χ4n) is 2.64. The first-order valence-corrected chi connectivity index (χ1v) is 8.12. The summed E-state index contributed by atoms with van der Waals surface area (Å²) in [5.74, 6) is 0.754. The average Bonchev–Trinajstić information content (AvgIpc) is 2.41. The molecule has 0 bridgehead atoms. The molecule has 1 aliphatic rings. The Morgan fingerprint density at radius 3 is 2.68 bits per heavy atom. The molecule has 1 heterocycles. The minimum absolute atomic E-state index is 0.754. The van der Waals surface area contributed by atoms with Gasteiger partial charge < -0.3 is 4.74 Å². The average molecular weight is 406 g/mol. The molecule has 0 atom stereocenters. The van der Waals surface area contributed by atoms with E-state index in [1.165, 1.54) is 18.4 Å². The Morgan fingerprint density at radius 1 is 1.21 bits per heavy atom. The number of hydrogen-bond donors (Lipinski definition) is 0. The molecule has 0 saturated heterocycles. The van der Waals surface area contributed by atoms with Crippen LogP contribution in [0.4, 0.5) is 0 Å². The lowest BCUT2D eigenvalue weighted by Gasteiger charge is -2.20. The Kier molecular flexibility index (Phi) is 3.76. The van der Waals surface area contributed by atoms with Crippen molar-refractivity contribution in [2.24, 2.45) is 0 Å². The highest BCUT2D eigenvalue weighted by atomic mass is 79.9. The second-order valence-corrected chi connectivity index (χ2v) is 6.74. The Bertz CT molecular complexity index is 673. The van der Waals surface area contributed by atoms with E-state index in [4.69, 9.17) is 21.3 Å². The number of fused-ring (bicyclic) bond motifs is 2. The van der Waals surface area contributed by atoms with Crippen LogP contribution in [0.25, 0.3) is 10.9 Å². The highest BCUT2D eigenvalue weighted by Gasteiger charge is 2.22. The zero-order valence-electron chi connectivity index (χ0n) is 10.4. The maximum atomic E-state index is 6.63. The Balaban J connectivity index is 2.45. The van der Waals surface area contributed by atoms with Crippen molar-refractivity contribution in [3.8, 4) is 5.75 Å². The highest BCUT2D eigenvalue weighted by Crippen LogP contribution is 2.43. The number of aromatic nitrogens is 1. The predicted octanol–water partition coefficient (Wildman–Crippen LogP) is 5.30. The van der Waals surface area contributed by atoms with Crippen LogP contribution < -0.4 is 4.74 Å². The summed E-state index contributed by atoms with van der Waals surface area (Å²) < 4.78 is 7.31. The van der Waals surface area contributed by atoms with Crippen LogP contribution >= 0.6 is 43.5 Å². The second-order valence-electron chi connectivity index (χ2n) is 4.66. The van der Waals surface area contributed by atoms with Gasteiger partial charge in [-0.05, 0) is 69.2 Å². The largest absolute Gasteiger partial charge is 0.495 e. The summed E-state index contributed by atoms with van der Waals surface area (Å²) in [5, 5.41) is 1.68. The van der Waals surface area contributed by atoms with Crippen LogP contribution in [0.2, 0.25) is 5.02 Å². The number of nitrogens with zero attached hydrogens (tertiary/aromatic N) is 1. The highest BCUT2D eigenvalue weighted by molar-refractivity contribution is 9.11. The maximum absolute atomic E-state index is 6.63. The van der Waals surface area contributed by atoms with E-state index in [2.05, 4.69) is 31.9 Å². The molecule has 0 aliphatic heterocycles. The molecule has 2 nitrogen and oxygen atoms in total. The second kappa shape index (κ2) is 5.23. The summed E-state index contributed by atoms with van der Waals surface area (Å²) in [6.45, 7) is 0. The summed E-state index contributed by atoms with van der Waals surface area (Å²) in [7, 11) is 1.66. The number of halogens is 3. The van der Waals surface area contributed by atoms with E-state index in [0.717, 1.165) is 49.2 Å². The number of methoxy groups -OCH3 is 1. The van der Waals surface area contributed by atoms with Gasteiger partial charge in [0.05, 0.1) is 27.5 Å². The van der Waals surface area contributed by atoms with E-state index in [-0.39, 0.29) is 0 Å². The van der Waals surface area contributed by atoms with Gasteiger partial charge in [0.25, 0.3) is 0 Å². The molecular weight excluding hydrogens is 393 g/mol. The van der Waals surface area contributed by atoms with Gasteiger partial charge in [-0.2, -0.15) is 0 Å². The summed E-state index contributed by atoms with van der Waals surface area (Å²) in [5.41, 5.74) is 3.20. The van der Waals surface area contributed by atoms with Gasteiger partial charge in [-0.1, -0.05) is 11.6 Å². The standard InChI is InChI=1S/C14H12Br2ClNO/c1-19-14-9(16)6-8(15)13-11(14)12(17)7-4-2-3-5-10(7)18-13/h6H,2-5H2,1H3. The van der Waals surface area contributed by atoms with Crippen molar-refractivity contribution in [2.45, 2.75) is 25.7 Å². The Hall–Kier alpha value is -0.320. The number of hydrogen-bond acceptors (Lipinski definition) is 2. The SMILES string of the molecule is COc1c(Br)cc(Br)c2nc3c(c(Cl)c12)CCCC3. The molecule has 0 unspecified atom stereocenters. The monoisotopic (exact) mass is 403 g/mol. The normalized spacial score (nSPS) is 14.5. The number of rotatable bonds is 1. The first kappa shape index (κ1) is 13.7. The molecule has 5 heteroatoms. The van der Waals surface area contributed by atoms with Crippen LogP contribution in [-0.4, -0.2) is 12.1 Å². The van der Waals surface area contributed by atoms with Crippen LogP contribution in [0.5, 0.6) is 5.75 Å². The third-order valence-electron chi connectivity index (χ3n) is 3.53. The zero-order chi connectivity index (χ0) is 13.6. The molecule has 1 aromatic carbocycles. The van der Waals surface area contributed by atoms with Gasteiger partial charge >= 0.3 is 0 Å². The van der Waals surface area contributed by atoms with Gasteiger partial charge in [0, 0.05) is 10.2 Å². The topological polar surface area (TPSA) is 22.1 Å². The molecule has 19 heavy (non-hydrogen) atoms. The molecular formula is C14H12Br2ClNO. The van der Waals surface area contributed by atoms with E-state index in [1.54, 1.807) is 7.11 Å². The van der Waals surface area contributed by atoms with E-state index in [0.29, 0.717) is 0 Å². The molecule has 0 radical (unpaired) electrons. The predicted molar refractivity (Wildman–Crippen MR) is 85.3 cm³/mol. The Labute approximate surface area is 133 Å². The van der Waals surface area contributed by atoms with Crippen molar-refractivity contribution in [3.63, 3.8) is 0 Å². The minimum atomic E-state index is 0.754. The summed E-state index contributed by atoms with van der Waals surface area (Å²) in [6, 6.07) is 1.96. The van der Waals surface area contributed by atoms with Crippen molar-refractivity contribution in [1.29, 1.82) is 0 Å². The number of pyridine rings is 1. The van der Waals surface area contributed by atoms with Gasteiger partial charge in [0.15, 0.2) is 0 Å². The number of benzene rings is 1. The van der Waals surface area contributed by atoms with Gasteiger partial charge in [0.1, 0.15) is 5.75 Å². The van der Waals surface area contributed by atoms with Crippen LogP contribution in [0.1, 0.15) is 24.1 Å². The van der Waals surface area contributed by atoms with Gasteiger partial charge in [-0.25, -0.2) is 0 Å². The van der Waals surface area contributed by atoms with Crippen molar-refractivity contribution >= 4 is 54.4 Å². The molecule has 0 saturated carbocycles. The molecule has 1 aliphatic carbocycles. The molecule has 0 fully saturated rings. The van der Waals surface area contributed by atoms with Crippen LogP contribution in [0.15, 0.2) is 15.0 Å². The maximum Gasteiger partial charge on any atom is 0.144 e. The van der Waals surface area contributed by atoms with Crippen molar-refractivity contribution in [2.75, 3.05) is 7.11 Å². The lowest BCUT2D eigenvalue weighted by Crippen LogP contribution is -2.07. The van der Waals surface area contributed by atoms with Crippen molar-refractivity contribution < 1.29 is 4.74 Å². The first-order valence-electron chi connectivity index (χ1n) is 6.16. The molecule has 100 valence electrons. The zero-order valence-corrected chi connectivity index (χ0v) is 14.3. The van der Waals surface area contributed by atoms with Crippen molar-refractivity contribution in [1.82, 2.24) is 4.98 Å².